The van der Waals surface area contributed by atoms with Gasteiger partial charge in [0.25, 0.3) is 0 Å². The van der Waals surface area contributed by atoms with Gasteiger partial charge in [-0.2, -0.15) is 4.33 Å². The summed E-state index contributed by atoms with van der Waals surface area (Å²) < 4.78 is 3.47. The number of hydrogen-bond acceptors (Lipinski definition) is 5. The van der Waals surface area contributed by atoms with Crippen LogP contribution in [0.3, 0.4) is 0 Å². The average molecular weight is 96.1 g/mol. The van der Waals surface area contributed by atoms with E-state index in [4.69, 9.17) is 5.26 Å². The van der Waals surface area contributed by atoms with E-state index >= 15 is 0 Å². The van der Waals surface area contributed by atoms with Gasteiger partial charge in [0.2, 0.25) is 0 Å². The molecule has 2 N–H and O–H groups in total. The van der Waals surface area contributed by atoms with Crippen LogP contribution in [0, 0.1) is 0 Å². The van der Waals surface area contributed by atoms with Gasteiger partial charge in [0, 0.05) is 0 Å². The van der Waals surface area contributed by atoms with E-state index in [1.54, 1.807) is 0 Å². The van der Waals surface area contributed by atoms with Crippen LogP contribution in [-0.4, -0.2) is 0 Å². The third-order valence-electron chi connectivity index (χ3n) is 0.0671. The Morgan fingerprint density at radius 2 is 2.40 bits per heavy atom. The Morgan fingerprint density at radius 1 is 1.80 bits per heavy atom. The maximum Gasteiger partial charge on any atom is 0.114 e. The van der Waals surface area contributed by atoms with Crippen molar-refractivity contribution in [2.75, 3.05) is 0 Å². The average Bonchev–Trinajstić information content (AvgIpc) is 1.41. The zero-order valence-electron chi connectivity index (χ0n) is 2.21. The Bertz CT molecular complexity index is 14.4. The minimum Gasteiger partial charge on any atom is -0.691 e. The first-order valence-electron chi connectivity index (χ1n) is 0.736. The van der Waals surface area contributed by atoms with Crippen molar-refractivity contribution in [1.82, 2.24) is 0 Å². The smallest absolute Gasteiger partial charge is 0.114 e. The molecule has 0 heterocycles. The minimum absolute atomic E-state index is 0.367. The second-order valence-electron chi connectivity index (χ2n) is 0.232. The normalized spacial score (nSPS) is 8.40. The third kappa shape index (κ3) is 4.19. The zero-order chi connectivity index (χ0) is 4.12. The van der Waals surface area contributed by atoms with E-state index in [2.05, 4.69) is 14.5 Å². The van der Waals surface area contributed by atoms with E-state index in [9.17, 15) is 0 Å². The lowest BCUT2D eigenvalue weighted by molar-refractivity contribution is -0.777. The summed E-state index contributed by atoms with van der Waals surface area (Å²) >= 11 is 0.367. The highest BCUT2D eigenvalue weighted by Crippen LogP contribution is 1.81. The Morgan fingerprint density at radius 3 is 2.40 bits per heavy atom. The summed E-state index contributed by atoms with van der Waals surface area (Å²) in [6.45, 7) is 0. The number of hydrogen-bond donors (Lipinski definition) is 1. The molecule has 0 aliphatic heterocycles. The van der Waals surface area contributed by atoms with Gasteiger partial charge in [-0.25, -0.2) is 0 Å². The molecule has 5 heavy (non-hydrogen) atoms. The summed E-state index contributed by atoms with van der Waals surface area (Å²) in [6, 6.07) is 0. The monoisotopic (exact) mass is 96.0 g/mol. The van der Waals surface area contributed by atoms with Crippen molar-refractivity contribution in [3.8, 4) is 0 Å². The van der Waals surface area contributed by atoms with Crippen molar-refractivity contribution >= 4 is 12.2 Å². The van der Waals surface area contributed by atoms with Crippen molar-refractivity contribution in [2.45, 2.75) is 0 Å². The van der Waals surface area contributed by atoms with Crippen LogP contribution in [0.2, 0.25) is 0 Å². The van der Waals surface area contributed by atoms with Gasteiger partial charge >= 0.3 is 0 Å². The third-order valence-corrected chi connectivity index (χ3v) is 0.201. The molecule has 0 rings (SSSR count). The molecule has 0 radical (unpaired) electrons. The van der Waals surface area contributed by atoms with E-state index < -0.39 is 0 Å². The molecule has 0 aliphatic carbocycles. The molecule has 0 unspecified atom stereocenters. The van der Waals surface area contributed by atoms with Crippen molar-refractivity contribution < 1.29 is 14.6 Å². The van der Waals surface area contributed by atoms with Crippen molar-refractivity contribution in [2.24, 2.45) is 5.14 Å². The van der Waals surface area contributed by atoms with Crippen LogP contribution in [0.25, 0.3) is 0 Å². The van der Waals surface area contributed by atoms with E-state index in [1.165, 1.54) is 0 Å². The minimum atomic E-state index is 0.367. The Kier molecular flexibility index (Phi) is 4.35. The van der Waals surface area contributed by atoms with Gasteiger partial charge in [0.1, 0.15) is 12.2 Å². The van der Waals surface area contributed by atoms with E-state index in [0.717, 1.165) is 0 Å². The van der Waals surface area contributed by atoms with E-state index in [1.807, 2.05) is 0 Å². The summed E-state index contributed by atoms with van der Waals surface area (Å²) in [6.07, 6.45) is 0. The molecule has 0 amide bonds. The first-order chi connectivity index (χ1) is 2.41. The van der Waals surface area contributed by atoms with E-state index in [-0.39, 0.29) is 0 Å². The maximum atomic E-state index is 8.71. The van der Waals surface area contributed by atoms with Crippen LogP contribution in [-0.2, 0) is 9.37 Å². The number of rotatable bonds is 2. The van der Waals surface area contributed by atoms with Crippen LogP contribution in [0.5, 0.6) is 0 Å². The molecule has 0 atom stereocenters. The molecule has 0 bridgehead atoms. The SMILES string of the molecule is NSOO[O-]. The molecular weight excluding hydrogens is 94.1 g/mol. The summed E-state index contributed by atoms with van der Waals surface area (Å²) in [4.78, 5) is 0. The van der Waals surface area contributed by atoms with Crippen LogP contribution in [0.1, 0.15) is 0 Å². The molecule has 0 spiro atoms. The van der Waals surface area contributed by atoms with E-state index in [0.29, 0.717) is 12.2 Å². The summed E-state index contributed by atoms with van der Waals surface area (Å²) in [5.41, 5.74) is 0. The fourth-order valence-electron chi connectivity index (χ4n) is 0.0160. The lowest BCUT2D eigenvalue weighted by Gasteiger charge is -1.96. The maximum absolute atomic E-state index is 8.71. The molecular formula is H2NO3S-. The van der Waals surface area contributed by atoms with Gasteiger partial charge in [0.15, 0.2) is 0 Å². The zero-order valence-corrected chi connectivity index (χ0v) is 3.03. The van der Waals surface area contributed by atoms with Gasteiger partial charge in [-0.05, 0) is 0 Å². The lowest BCUT2D eigenvalue weighted by atomic mass is 13.9. The van der Waals surface area contributed by atoms with Gasteiger partial charge in [-0.1, -0.05) is 0 Å². The molecule has 0 aromatic heterocycles. The lowest BCUT2D eigenvalue weighted by Crippen LogP contribution is -2.02. The molecule has 0 fully saturated rings. The largest absolute Gasteiger partial charge is 0.691 e. The highest BCUT2D eigenvalue weighted by Gasteiger charge is 1.60. The van der Waals surface area contributed by atoms with Crippen molar-refractivity contribution in [3.63, 3.8) is 0 Å². The number of nitrogens with two attached hydrogens (primary N) is 1. The second-order valence-corrected chi connectivity index (χ2v) is 0.561. The van der Waals surface area contributed by atoms with Crippen molar-refractivity contribution in [1.29, 1.82) is 0 Å². The molecule has 0 saturated carbocycles. The Balaban J connectivity index is 2.19. The van der Waals surface area contributed by atoms with Gasteiger partial charge < -0.3 is 5.26 Å². The molecule has 5 heteroatoms. The van der Waals surface area contributed by atoms with Gasteiger partial charge in [0.05, 0.1) is 0 Å². The second kappa shape index (κ2) is 4.19. The predicted molar refractivity (Wildman–Crippen MR) is 13.9 cm³/mol. The highest BCUT2D eigenvalue weighted by molar-refractivity contribution is 7.92. The first-order valence-corrected chi connectivity index (χ1v) is 1.54. The quantitative estimate of drug-likeness (QED) is 0.201. The van der Waals surface area contributed by atoms with Crippen LogP contribution < -0.4 is 10.4 Å². The highest BCUT2D eigenvalue weighted by atomic mass is 32.2. The fraction of sp³-hybridized carbons (Fsp3) is 0. The van der Waals surface area contributed by atoms with Crippen LogP contribution in [0.4, 0.5) is 0 Å². The molecule has 4 nitrogen and oxygen atoms in total. The molecule has 0 aromatic rings. The van der Waals surface area contributed by atoms with Crippen molar-refractivity contribution in [3.05, 3.63) is 0 Å². The summed E-state index contributed by atoms with van der Waals surface area (Å²) in [5.74, 6) is 0. The molecule has 0 aliphatic rings. The van der Waals surface area contributed by atoms with Crippen LogP contribution >= 0.6 is 12.2 Å². The molecule has 0 aromatic carbocycles. The summed E-state index contributed by atoms with van der Waals surface area (Å²) in [7, 11) is 0. The van der Waals surface area contributed by atoms with Gasteiger partial charge in [-0.15, -0.1) is 0 Å². The molecule has 32 valence electrons. The summed E-state index contributed by atoms with van der Waals surface area (Å²) in [5, 5.41) is 16.0. The Labute approximate surface area is 33.1 Å². The predicted octanol–water partition coefficient (Wildman–Crippen LogP) is -1.27. The standard InChI is InChI=1S/H3NO3S/c1-5-4-3-2/h2H,1H2/p-1. The topological polar surface area (TPSA) is 67.5 Å². The Hall–Kier alpha value is 0.190. The van der Waals surface area contributed by atoms with Gasteiger partial charge in [-0.3, -0.25) is 10.2 Å². The fourth-order valence-corrected chi connectivity index (χ4v) is 0.0481. The first kappa shape index (κ1) is 5.19. The van der Waals surface area contributed by atoms with Crippen LogP contribution in [0.15, 0.2) is 0 Å². The molecule has 0 saturated heterocycles.